The van der Waals surface area contributed by atoms with Gasteiger partial charge in [-0.1, -0.05) is 0 Å². The lowest BCUT2D eigenvalue weighted by atomic mass is 9.99. The minimum atomic E-state index is -0.783. The number of nitrogens with zero attached hydrogens (tertiary/aromatic N) is 4. The van der Waals surface area contributed by atoms with Gasteiger partial charge in [-0.2, -0.15) is 10.4 Å². The number of aromatic nitrogens is 2. The number of ether oxygens (including phenoxy) is 2. The number of carbonyl (C=O) groups is 2. The molecule has 0 bridgehead atoms. The van der Waals surface area contributed by atoms with Crippen LogP contribution in [0.25, 0.3) is 0 Å². The van der Waals surface area contributed by atoms with Crippen molar-refractivity contribution in [1.82, 2.24) is 14.7 Å². The molecule has 0 spiro atoms. The number of hydrogen-bond acceptors (Lipinski definition) is 6. The van der Waals surface area contributed by atoms with Crippen molar-refractivity contribution >= 4 is 17.6 Å². The van der Waals surface area contributed by atoms with E-state index in [2.05, 4.69) is 10.4 Å². The summed E-state index contributed by atoms with van der Waals surface area (Å²) < 4.78 is 28.3. The molecule has 0 atom stereocenters. The highest BCUT2D eigenvalue weighted by atomic mass is 19.1. The van der Waals surface area contributed by atoms with Crippen LogP contribution in [0.1, 0.15) is 40.1 Å². The van der Waals surface area contributed by atoms with Gasteiger partial charge in [-0.15, -0.1) is 0 Å². The van der Waals surface area contributed by atoms with Crippen molar-refractivity contribution in [2.45, 2.75) is 25.9 Å². The number of halogens is 1. The maximum atomic E-state index is 14.7. The molecule has 0 saturated heterocycles. The first-order valence-corrected chi connectivity index (χ1v) is 10.8. The first-order chi connectivity index (χ1) is 16.6. The number of fused-ring (bicyclic) bond motifs is 1. The highest BCUT2D eigenvalue weighted by Gasteiger charge is 2.34. The Morgan fingerprint density at radius 2 is 2.09 bits per heavy atom. The largest absolute Gasteiger partial charge is 0.487 e. The molecule has 35 heavy (non-hydrogen) atoms. The smallest absolute Gasteiger partial charge is 0.257 e. The molecule has 2 aromatic carbocycles. The highest BCUT2D eigenvalue weighted by molar-refractivity contribution is 6.04. The third-order valence-corrected chi connectivity index (χ3v) is 5.43. The molecule has 0 radical (unpaired) electrons. The number of nitriles is 1. The molecule has 2 heterocycles. The maximum absolute atomic E-state index is 14.7. The average molecular weight is 477 g/mol. The lowest BCUT2D eigenvalue weighted by Gasteiger charge is -2.16. The van der Waals surface area contributed by atoms with Crippen LogP contribution in [0, 0.1) is 17.1 Å². The highest BCUT2D eigenvalue weighted by Crippen LogP contribution is 2.43. The van der Waals surface area contributed by atoms with Gasteiger partial charge in [0.25, 0.3) is 11.8 Å². The first kappa shape index (κ1) is 23.8. The summed E-state index contributed by atoms with van der Waals surface area (Å²) in [5.41, 5.74) is 0.350. The van der Waals surface area contributed by atoms with Crippen LogP contribution in [0.4, 0.5) is 10.2 Å². The fourth-order valence-electron chi connectivity index (χ4n) is 3.78. The summed E-state index contributed by atoms with van der Waals surface area (Å²) >= 11 is 0. The number of benzene rings is 2. The molecule has 4 rings (SSSR count). The Kier molecular flexibility index (Phi) is 6.18. The Hall–Kier alpha value is -4.39. The summed E-state index contributed by atoms with van der Waals surface area (Å²) in [5.74, 6) is -0.406. The molecule has 0 aliphatic carbocycles. The second-order valence-electron chi connectivity index (χ2n) is 8.88. The van der Waals surface area contributed by atoms with Crippen molar-refractivity contribution in [2.75, 3.05) is 18.9 Å². The number of hydrogen-bond donors (Lipinski definition) is 1. The third kappa shape index (κ3) is 5.09. The predicted octanol–water partition coefficient (Wildman–Crippen LogP) is 3.91. The van der Waals surface area contributed by atoms with E-state index < -0.39 is 23.2 Å². The van der Waals surface area contributed by atoms with E-state index in [0.717, 1.165) is 16.5 Å². The molecule has 1 N–H and O–H groups in total. The van der Waals surface area contributed by atoms with Crippen molar-refractivity contribution in [2.24, 2.45) is 7.05 Å². The monoisotopic (exact) mass is 477 g/mol. The number of carbonyl (C=O) groups excluding carboxylic acids is 2. The second-order valence-corrected chi connectivity index (χ2v) is 8.88. The molecule has 10 heteroatoms. The minimum absolute atomic E-state index is 0.149. The van der Waals surface area contributed by atoms with E-state index >= 15 is 0 Å². The summed E-state index contributed by atoms with van der Waals surface area (Å²) in [5, 5.41) is 15.6. The average Bonchev–Trinajstić information content (AvgIpc) is 3.34. The number of anilines is 1. The van der Waals surface area contributed by atoms with Crippen molar-refractivity contribution in [1.29, 1.82) is 5.26 Å². The molecule has 9 nitrogen and oxygen atoms in total. The molecular weight excluding hydrogens is 453 g/mol. The third-order valence-electron chi connectivity index (χ3n) is 5.43. The summed E-state index contributed by atoms with van der Waals surface area (Å²) in [6, 6.07) is 10.6. The van der Waals surface area contributed by atoms with Crippen LogP contribution >= 0.6 is 0 Å². The quantitative estimate of drug-likeness (QED) is 0.539. The fourth-order valence-corrected chi connectivity index (χ4v) is 3.78. The van der Waals surface area contributed by atoms with Crippen LogP contribution in [0.3, 0.4) is 0 Å². The van der Waals surface area contributed by atoms with E-state index in [0.29, 0.717) is 23.7 Å². The van der Waals surface area contributed by atoms with Crippen LogP contribution in [0.5, 0.6) is 17.2 Å². The van der Waals surface area contributed by atoms with Gasteiger partial charge in [0.05, 0.1) is 11.6 Å². The normalized spacial score (nSPS) is 13.4. The van der Waals surface area contributed by atoms with E-state index in [1.807, 2.05) is 19.9 Å². The van der Waals surface area contributed by atoms with Gasteiger partial charge < -0.3 is 19.7 Å². The molecule has 1 aliphatic heterocycles. The zero-order valence-electron chi connectivity index (χ0n) is 19.8. The van der Waals surface area contributed by atoms with Gasteiger partial charge in [-0.3, -0.25) is 14.3 Å². The molecule has 0 unspecified atom stereocenters. The first-order valence-electron chi connectivity index (χ1n) is 10.8. The van der Waals surface area contributed by atoms with E-state index in [9.17, 15) is 14.0 Å². The summed E-state index contributed by atoms with van der Waals surface area (Å²) in [7, 11) is 3.16. The Bertz CT molecular complexity index is 1360. The number of nitrogens with one attached hydrogen (secondary N) is 1. The van der Waals surface area contributed by atoms with Gasteiger partial charge in [-0.25, -0.2) is 4.39 Å². The molecule has 1 aliphatic rings. The van der Waals surface area contributed by atoms with Gasteiger partial charge in [0.15, 0.2) is 5.82 Å². The van der Waals surface area contributed by atoms with Crippen molar-refractivity contribution in [3.63, 3.8) is 0 Å². The zero-order chi connectivity index (χ0) is 25.3. The molecule has 3 aromatic rings. The van der Waals surface area contributed by atoms with Gasteiger partial charge in [0.2, 0.25) is 0 Å². The Labute approximate surface area is 201 Å². The van der Waals surface area contributed by atoms with Crippen molar-refractivity contribution in [3.8, 4) is 23.3 Å². The zero-order valence-corrected chi connectivity index (χ0v) is 19.8. The lowest BCUT2D eigenvalue weighted by molar-refractivity contribution is 0.0807. The van der Waals surface area contributed by atoms with E-state index in [-0.39, 0.29) is 23.4 Å². The number of rotatable bonds is 6. The van der Waals surface area contributed by atoms with Gasteiger partial charge in [0.1, 0.15) is 35.2 Å². The van der Waals surface area contributed by atoms with E-state index in [1.54, 1.807) is 36.1 Å². The summed E-state index contributed by atoms with van der Waals surface area (Å²) in [4.78, 5) is 26.4. The van der Waals surface area contributed by atoms with Gasteiger partial charge in [0, 0.05) is 50.0 Å². The Morgan fingerprint density at radius 3 is 2.74 bits per heavy atom. The molecular formula is C25H24FN5O4. The fraction of sp³-hybridized carbons (Fsp3) is 0.280. The van der Waals surface area contributed by atoms with E-state index in [1.165, 1.54) is 19.2 Å². The predicted molar refractivity (Wildman–Crippen MR) is 125 cm³/mol. The van der Waals surface area contributed by atoms with Crippen LogP contribution in [-0.4, -0.2) is 45.7 Å². The molecule has 180 valence electrons. The van der Waals surface area contributed by atoms with Crippen LogP contribution < -0.4 is 14.8 Å². The summed E-state index contributed by atoms with van der Waals surface area (Å²) in [6.07, 6.45) is 2.23. The van der Waals surface area contributed by atoms with Crippen molar-refractivity contribution < 1.29 is 23.5 Å². The SMILES string of the molecule is CN(CC#N)C(=O)c1ccc(Oc2cc(C(=O)Nc3ccn(C)n3)cc3c2CC(C)(C)O3)cc1F. The van der Waals surface area contributed by atoms with Gasteiger partial charge in [-0.05, 0) is 38.1 Å². The molecule has 0 saturated carbocycles. The van der Waals surface area contributed by atoms with Crippen LogP contribution in [0.2, 0.25) is 0 Å². The van der Waals surface area contributed by atoms with Gasteiger partial charge >= 0.3 is 0 Å². The summed E-state index contributed by atoms with van der Waals surface area (Å²) in [6.45, 7) is 3.68. The minimum Gasteiger partial charge on any atom is -0.487 e. The van der Waals surface area contributed by atoms with Crippen LogP contribution in [0.15, 0.2) is 42.6 Å². The van der Waals surface area contributed by atoms with Crippen LogP contribution in [-0.2, 0) is 13.5 Å². The Balaban J connectivity index is 1.64. The standard InChI is InChI=1S/C25H24FN5O4/c1-25(2)14-18-20(34-16-5-6-17(19(26)13-16)24(33)30(3)10-8-27)11-15(12-21(18)35-25)23(32)28-22-7-9-31(4)29-22/h5-7,9,11-13H,10,14H2,1-4H3,(H,28,29,32). The van der Waals surface area contributed by atoms with Crippen molar-refractivity contribution in [3.05, 3.63) is 65.1 Å². The molecule has 2 amide bonds. The molecule has 0 fully saturated rings. The molecule has 1 aromatic heterocycles. The maximum Gasteiger partial charge on any atom is 0.257 e. The Morgan fingerprint density at radius 1 is 1.31 bits per heavy atom. The number of amides is 2. The van der Waals surface area contributed by atoms with E-state index in [4.69, 9.17) is 14.7 Å². The number of aryl methyl sites for hydroxylation is 1. The second kappa shape index (κ2) is 9.10. The lowest BCUT2D eigenvalue weighted by Crippen LogP contribution is -2.27. The topological polar surface area (TPSA) is 109 Å².